The fraction of sp³-hybridized carbons (Fsp3) is 0.176. The molecule has 1 unspecified atom stereocenters. The number of hydrogen-bond acceptors (Lipinski definition) is 4. The van der Waals surface area contributed by atoms with Gasteiger partial charge in [-0.15, -0.1) is 0 Å². The molecule has 0 radical (unpaired) electrons. The van der Waals surface area contributed by atoms with E-state index in [1.54, 1.807) is 58.5 Å². The quantitative estimate of drug-likeness (QED) is 0.358. The minimum Gasteiger partial charge on any atom is -0.468 e. The highest BCUT2D eigenvalue weighted by atomic mass is 35.5. The van der Waals surface area contributed by atoms with E-state index >= 15 is 0 Å². The number of hydrogen-bond donors (Lipinski definition) is 0. The Bertz CT molecular complexity index is 668. The first kappa shape index (κ1) is 19.0. The van der Waals surface area contributed by atoms with Crippen LogP contribution in [0.25, 0.3) is 0 Å². The number of ketones is 1. The third kappa shape index (κ3) is 4.47. The van der Waals surface area contributed by atoms with Crippen LogP contribution in [0.1, 0.15) is 27.4 Å². The van der Waals surface area contributed by atoms with Crippen molar-refractivity contribution in [1.29, 1.82) is 0 Å². The maximum atomic E-state index is 12.8. The van der Waals surface area contributed by atoms with Gasteiger partial charge in [-0.05, 0) is 24.1 Å². The van der Waals surface area contributed by atoms with Crippen molar-refractivity contribution in [2.45, 2.75) is 12.8 Å². The Kier molecular flexibility index (Phi) is 7.60. The van der Waals surface area contributed by atoms with Gasteiger partial charge in [-0.3, -0.25) is 14.2 Å². The molecule has 0 heterocycles. The molecule has 0 aliphatic carbocycles. The number of benzene rings is 2. The van der Waals surface area contributed by atoms with Crippen molar-refractivity contribution >= 4 is 32.5 Å². The van der Waals surface area contributed by atoms with Crippen molar-refractivity contribution in [3.63, 3.8) is 0 Å². The molecule has 120 valence electrons. The summed E-state index contributed by atoms with van der Waals surface area (Å²) >= 11 is 6.13. The average molecular weight is 351 g/mol. The fourth-order valence-corrected chi connectivity index (χ4v) is 2.56. The van der Waals surface area contributed by atoms with Gasteiger partial charge < -0.3 is 4.74 Å². The number of methoxy groups -OCH3 is 1. The Hall–Kier alpha value is -2.03. The zero-order valence-electron chi connectivity index (χ0n) is 12.7. The van der Waals surface area contributed by atoms with E-state index in [4.69, 9.17) is 20.9 Å². The molecule has 2 aromatic rings. The SMILES string of the molecule is COC(=O)C(C(=O)c1c(C)cccc1Cl)c1ccccc1.O=P. The van der Waals surface area contributed by atoms with Crippen LogP contribution >= 0.6 is 20.7 Å². The van der Waals surface area contributed by atoms with Crippen LogP contribution in [0.4, 0.5) is 0 Å². The monoisotopic (exact) mass is 350 g/mol. The molecule has 0 fully saturated rings. The lowest BCUT2D eigenvalue weighted by atomic mass is 9.89. The van der Waals surface area contributed by atoms with Crippen LogP contribution in [-0.2, 0) is 14.1 Å². The van der Waals surface area contributed by atoms with Gasteiger partial charge in [0.25, 0.3) is 0 Å². The number of halogens is 1. The molecule has 2 aromatic carbocycles. The van der Waals surface area contributed by atoms with E-state index in [1.807, 2.05) is 6.07 Å². The molecule has 0 aromatic heterocycles. The highest BCUT2D eigenvalue weighted by Gasteiger charge is 2.32. The van der Waals surface area contributed by atoms with E-state index in [0.29, 0.717) is 16.1 Å². The summed E-state index contributed by atoms with van der Waals surface area (Å²) in [6, 6.07) is 14.0. The minimum absolute atomic E-state index is 0.338. The molecule has 0 saturated heterocycles. The zero-order chi connectivity index (χ0) is 17.4. The summed E-state index contributed by atoms with van der Waals surface area (Å²) in [7, 11) is 2.99. The number of rotatable bonds is 4. The highest BCUT2D eigenvalue weighted by Crippen LogP contribution is 2.28. The molecule has 0 aliphatic heterocycles. The molecule has 23 heavy (non-hydrogen) atoms. The van der Waals surface area contributed by atoms with Crippen molar-refractivity contribution in [3.8, 4) is 0 Å². The second kappa shape index (κ2) is 9.19. The van der Waals surface area contributed by atoms with Crippen LogP contribution in [0.15, 0.2) is 48.5 Å². The van der Waals surface area contributed by atoms with Crippen LogP contribution in [0.5, 0.6) is 0 Å². The molecule has 2 rings (SSSR count). The zero-order valence-corrected chi connectivity index (χ0v) is 14.5. The summed E-state index contributed by atoms with van der Waals surface area (Å²) in [6.07, 6.45) is 0. The number of carbonyl (C=O) groups is 2. The summed E-state index contributed by atoms with van der Waals surface area (Å²) in [5.41, 5.74) is 1.68. The highest BCUT2D eigenvalue weighted by molar-refractivity contribution is 7.00. The average Bonchev–Trinajstić information content (AvgIpc) is 2.57. The van der Waals surface area contributed by atoms with Gasteiger partial charge in [-0.1, -0.05) is 54.1 Å². The lowest BCUT2D eigenvalue weighted by Crippen LogP contribution is -2.24. The van der Waals surface area contributed by atoms with E-state index in [-0.39, 0.29) is 5.78 Å². The van der Waals surface area contributed by atoms with Gasteiger partial charge in [0.2, 0.25) is 0 Å². The molecule has 0 N–H and O–H groups in total. The minimum atomic E-state index is -1.00. The molecular formula is C17H16ClO4P. The maximum absolute atomic E-state index is 12.8. The second-order valence-corrected chi connectivity index (χ2v) is 5.07. The standard InChI is InChI=1S/C17H15ClO3.HOP/c1-11-7-6-10-13(18)14(11)16(19)15(17(20)21-2)12-8-4-3-5-9-12;1-2/h3-10,15H,1-2H3;2H. The lowest BCUT2D eigenvalue weighted by Gasteiger charge is -2.16. The van der Waals surface area contributed by atoms with Gasteiger partial charge in [0.15, 0.2) is 5.78 Å². The molecule has 4 nitrogen and oxygen atoms in total. The Morgan fingerprint density at radius 1 is 1.04 bits per heavy atom. The molecule has 0 amide bonds. The third-order valence-corrected chi connectivity index (χ3v) is 3.62. The molecule has 0 aliphatic rings. The van der Waals surface area contributed by atoms with E-state index in [1.165, 1.54) is 7.11 Å². The summed E-state index contributed by atoms with van der Waals surface area (Å²) in [4.78, 5) is 24.9. The van der Waals surface area contributed by atoms with Crippen molar-refractivity contribution in [2.75, 3.05) is 7.11 Å². The van der Waals surface area contributed by atoms with Crippen molar-refractivity contribution < 1.29 is 18.9 Å². The van der Waals surface area contributed by atoms with Crippen molar-refractivity contribution in [3.05, 3.63) is 70.2 Å². The Labute approximate surface area is 142 Å². The fourth-order valence-electron chi connectivity index (χ4n) is 2.25. The summed E-state index contributed by atoms with van der Waals surface area (Å²) < 4.78 is 12.8. The van der Waals surface area contributed by atoms with Crippen LogP contribution in [-0.4, -0.2) is 18.9 Å². The number of ether oxygens (including phenoxy) is 1. The van der Waals surface area contributed by atoms with Crippen molar-refractivity contribution in [2.24, 2.45) is 0 Å². The van der Waals surface area contributed by atoms with Gasteiger partial charge in [0.1, 0.15) is 15.0 Å². The summed E-state index contributed by atoms with van der Waals surface area (Å²) in [5, 5.41) is 0.338. The number of esters is 1. The van der Waals surface area contributed by atoms with E-state index < -0.39 is 11.9 Å². The molecule has 6 heteroatoms. The first-order chi connectivity index (χ1) is 11.1. The summed E-state index contributed by atoms with van der Waals surface area (Å²) in [6.45, 7) is 1.79. The van der Waals surface area contributed by atoms with Gasteiger partial charge in [0, 0.05) is 5.56 Å². The molecule has 0 saturated carbocycles. The summed E-state index contributed by atoms with van der Waals surface area (Å²) in [5.74, 6) is -1.95. The number of carbonyl (C=O) groups excluding carboxylic acids is 2. The normalized spacial score (nSPS) is 10.9. The Balaban J connectivity index is 0.00000127. The predicted octanol–water partition coefficient (Wildman–Crippen LogP) is 4.26. The second-order valence-electron chi connectivity index (χ2n) is 4.66. The molecule has 1 atom stereocenters. The van der Waals surface area contributed by atoms with Gasteiger partial charge >= 0.3 is 5.97 Å². The predicted molar refractivity (Wildman–Crippen MR) is 90.7 cm³/mol. The number of Topliss-reactive ketones (excluding diaryl/α,β-unsaturated/α-hetero) is 1. The molecule has 0 bridgehead atoms. The first-order valence-corrected chi connectivity index (χ1v) is 7.47. The first-order valence-electron chi connectivity index (χ1n) is 6.68. The molecular weight excluding hydrogens is 335 g/mol. The number of aryl methyl sites for hydroxylation is 1. The Morgan fingerprint density at radius 2 is 1.65 bits per heavy atom. The van der Waals surface area contributed by atoms with Crippen molar-refractivity contribution in [1.82, 2.24) is 0 Å². The molecule has 0 spiro atoms. The van der Waals surface area contributed by atoms with Crippen LogP contribution in [0.3, 0.4) is 0 Å². The van der Waals surface area contributed by atoms with Gasteiger partial charge in [0.05, 0.1) is 12.1 Å². The topological polar surface area (TPSA) is 60.4 Å². The van der Waals surface area contributed by atoms with Crippen LogP contribution in [0, 0.1) is 6.92 Å². The largest absolute Gasteiger partial charge is 0.468 e. The van der Waals surface area contributed by atoms with E-state index in [9.17, 15) is 9.59 Å². The van der Waals surface area contributed by atoms with Gasteiger partial charge in [-0.2, -0.15) is 0 Å². The Morgan fingerprint density at radius 3 is 2.17 bits per heavy atom. The van der Waals surface area contributed by atoms with Crippen LogP contribution in [0.2, 0.25) is 5.02 Å². The van der Waals surface area contributed by atoms with E-state index in [2.05, 4.69) is 0 Å². The third-order valence-electron chi connectivity index (χ3n) is 3.30. The lowest BCUT2D eigenvalue weighted by molar-refractivity contribution is -0.141. The van der Waals surface area contributed by atoms with E-state index in [0.717, 1.165) is 5.56 Å². The smallest absolute Gasteiger partial charge is 0.321 e. The maximum Gasteiger partial charge on any atom is 0.321 e. The van der Waals surface area contributed by atoms with Gasteiger partial charge in [-0.25, -0.2) is 0 Å². The van der Waals surface area contributed by atoms with Crippen LogP contribution < -0.4 is 0 Å².